The zero-order valence-corrected chi connectivity index (χ0v) is 3.47. The van der Waals surface area contributed by atoms with E-state index in [0.29, 0.717) is 0 Å². The maximum absolute atomic E-state index is 9.41. The van der Waals surface area contributed by atoms with Crippen molar-refractivity contribution in [1.29, 1.82) is 0 Å². The molecule has 6 heavy (non-hydrogen) atoms. The molecule has 0 aromatic heterocycles. The Morgan fingerprint density at radius 2 is 2.17 bits per heavy atom. The van der Waals surface area contributed by atoms with Crippen LogP contribution < -0.4 is 0 Å². The van der Waals surface area contributed by atoms with E-state index in [1.807, 2.05) is 0 Å². The highest BCUT2D eigenvalue weighted by Gasteiger charge is 1.90. The van der Waals surface area contributed by atoms with Crippen LogP contribution >= 0.6 is 0 Å². The fourth-order valence-corrected chi connectivity index (χ4v) is 0. The molecular formula is C3H5NO2. The second-order valence-corrected chi connectivity index (χ2v) is 0.992. The molecule has 0 unspecified atom stereocenters. The van der Waals surface area contributed by atoms with Crippen LogP contribution in [0.3, 0.4) is 0 Å². The molecule has 0 saturated carbocycles. The predicted molar refractivity (Wildman–Crippen MR) is 21.8 cm³/mol. The standard InChI is InChI=1S/C3H5NO2/c1-3(2)4(5)6/h1H2,2H3. The Labute approximate surface area is 35.4 Å². The first-order valence-corrected chi connectivity index (χ1v) is 1.44. The van der Waals surface area contributed by atoms with Gasteiger partial charge in [0.15, 0.2) is 0 Å². The van der Waals surface area contributed by atoms with Gasteiger partial charge in [-0.1, -0.05) is 0 Å². The molecule has 0 amide bonds. The lowest BCUT2D eigenvalue weighted by Crippen LogP contribution is -1.89. The zero-order valence-electron chi connectivity index (χ0n) is 3.47. The summed E-state index contributed by atoms with van der Waals surface area (Å²) in [5, 5.41) is 9.41. The highest BCUT2D eigenvalue weighted by molar-refractivity contribution is 4.70. The van der Waals surface area contributed by atoms with Gasteiger partial charge in [-0.25, -0.2) is 0 Å². The molecule has 0 bridgehead atoms. The normalized spacial score (nSPS) is 7.50. The van der Waals surface area contributed by atoms with Gasteiger partial charge in [-0.05, 0) is 6.58 Å². The van der Waals surface area contributed by atoms with Gasteiger partial charge >= 0.3 is 0 Å². The van der Waals surface area contributed by atoms with Crippen LogP contribution in [0, 0.1) is 10.1 Å². The van der Waals surface area contributed by atoms with Gasteiger partial charge in [0.2, 0.25) is 5.70 Å². The second kappa shape index (κ2) is 1.55. The minimum Gasteiger partial charge on any atom is -0.259 e. The summed E-state index contributed by atoms with van der Waals surface area (Å²) in [6.45, 7) is 4.40. The fourth-order valence-electron chi connectivity index (χ4n) is 0. The van der Waals surface area contributed by atoms with Crippen LogP contribution in [0.25, 0.3) is 0 Å². The van der Waals surface area contributed by atoms with Crippen molar-refractivity contribution in [2.45, 2.75) is 6.92 Å². The highest BCUT2D eigenvalue weighted by atomic mass is 16.6. The van der Waals surface area contributed by atoms with Gasteiger partial charge in [0.1, 0.15) is 0 Å². The molecule has 0 N–H and O–H groups in total. The van der Waals surface area contributed by atoms with E-state index in [0.717, 1.165) is 0 Å². The predicted octanol–water partition coefficient (Wildman–Crippen LogP) is 0.797. The number of allylic oxidation sites excluding steroid dienone is 1. The Balaban J connectivity index is 3.57. The van der Waals surface area contributed by atoms with E-state index in [-0.39, 0.29) is 5.70 Å². The van der Waals surface area contributed by atoms with E-state index in [1.54, 1.807) is 0 Å². The van der Waals surface area contributed by atoms with Gasteiger partial charge < -0.3 is 0 Å². The molecular weight excluding hydrogens is 82.0 g/mol. The molecule has 0 radical (unpaired) electrons. The van der Waals surface area contributed by atoms with E-state index in [2.05, 4.69) is 6.58 Å². The molecule has 0 aliphatic heterocycles. The van der Waals surface area contributed by atoms with Crippen molar-refractivity contribution < 1.29 is 4.92 Å². The number of rotatable bonds is 1. The van der Waals surface area contributed by atoms with Gasteiger partial charge in [-0.15, -0.1) is 0 Å². The van der Waals surface area contributed by atoms with Gasteiger partial charge in [0.25, 0.3) is 0 Å². The Kier molecular flexibility index (Phi) is 1.32. The molecule has 0 aliphatic carbocycles. The Bertz CT molecular complexity index is 74.8. The van der Waals surface area contributed by atoms with Crippen LogP contribution in [0.5, 0.6) is 0 Å². The number of nitro groups is 1. The van der Waals surface area contributed by atoms with Crippen molar-refractivity contribution in [2.24, 2.45) is 0 Å². The maximum Gasteiger partial charge on any atom is 0.236 e. The molecule has 34 valence electrons. The lowest BCUT2D eigenvalue weighted by molar-refractivity contribution is -0.423. The summed E-state index contributed by atoms with van der Waals surface area (Å²) in [4.78, 5) is 8.88. The number of nitrogens with zero attached hydrogens (tertiary/aromatic N) is 1. The maximum atomic E-state index is 9.41. The summed E-state index contributed by atoms with van der Waals surface area (Å²) >= 11 is 0. The molecule has 0 heterocycles. The summed E-state index contributed by atoms with van der Waals surface area (Å²) in [6.07, 6.45) is 0. The van der Waals surface area contributed by atoms with E-state index in [4.69, 9.17) is 0 Å². The Hall–Kier alpha value is -0.860. The summed E-state index contributed by atoms with van der Waals surface area (Å²) in [7, 11) is 0. The van der Waals surface area contributed by atoms with E-state index < -0.39 is 4.92 Å². The molecule has 3 heteroatoms. The third kappa shape index (κ3) is 1.46. The lowest BCUT2D eigenvalue weighted by atomic mass is 10.6. The minimum atomic E-state index is -0.528. The largest absolute Gasteiger partial charge is 0.259 e. The monoisotopic (exact) mass is 87.0 g/mol. The van der Waals surface area contributed by atoms with Crippen LogP contribution in [-0.2, 0) is 0 Å². The van der Waals surface area contributed by atoms with E-state index in [9.17, 15) is 10.1 Å². The SMILES string of the molecule is C=C(C)[N+](=O)[O-]. The van der Waals surface area contributed by atoms with Crippen LogP contribution in [0.1, 0.15) is 6.92 Å². The van der Waals surface area contributed by atoms with Crippen molar-refractivity contribution in [3.05, 3.63) is 22.4 Å². The highest BCUT2D eigenvalue weighted by Crippen LogP contribution is 1.82. The van der Waals surface area contributed by atoms with Crippen LogP contribution in [0.15, 0.2) is 12.3 Å². The van der Waals surface area contributed by atoms with Crippen molar-refractivity contribution >= 4 is 0 Å². The molecule has 0 spiro atoms. The number of hydrogen-bond donors (Lipinski definition) is 0. The van der Waals surface area contributed by atoms with Gasteiger partial charge in [-0.2, -0.15) is 0 Å². The second-order valence-electron chi connectivity index (χ2n) is 0.992. The summed E-state index contributed by atoms with van der Waals surface area (Å²) in [5.41, 5.74) is -0.0185. The molecule has 0 atom stereocenters. The van der Waals surface area contributed by atoms with Crippen LogP contribution in [0.4, 0.5) is 0 Å². The van der Waals surface area contributed by atoms with Crippen molar-refractivity contribution in [3.8, 4) is 0 Å². The zero-order chi connectivity index (χ0) is 5.15. The van der Waals surface area contributed by atoms with Crippen LogP contribution in [-0.4, -0.2) is 4.92 Å². The van der Waals surface area contributed by atoms with Gasteiger partial charge in [-0.3, -0.25) is 10.1 Å². The Morgan fingerprint density at radius 3 is 2.17 bits per heavy atom. The van der Waals surface area contributed by atoms with E-state index >= 15 is 0 Å². The average Bonchev–Trinajstić information content (AvgIpc) is 1.36. The summed E-state index contributed by atoms with van der Waals surface area (Å²) in [6, 6.07) is 0. The quantitative estimate of drug-likeness (QED) is 0.350. The van der Waals surface area contributed by atoms with Crippen molar-refractivity contribution in [2.75, 3.05) is 0 Å². The van der Waals surface area contributed by atoms with Crippen LogP contribution in [0.2, 0.25) is 0 Å². The van der Waals surface area contributed by atoms with E-state index in [1.165, 1.54) is 6.92 Å². The average molecular weight is 87.1 g/mol. The number of hydrogen-bond acceptors (Lipinski definition) is 2. The third-order valence-corrected chi connectivity index (χ3v) is 0.312. The molecule has 0 saturated heterocycles. The topological polar surface area (TPSA) is 43.1 Å². The molecule has 0 fully saturated rings. The smallest absolute Gasteiger partial charge is 0.236 e. The minimum absolute atomic E-state index is 0.0185. The fraction of sp³-hybridized carbons (Fsp3) is 0.333. The van der Waals surface area contributed by atoms with Crippen molar-refractivity contribution in [3.63, 3.8) is 0 Å². The Morgan fingerprint density at radius 1 is 2.00 bits per heavy atom. The first-order chi connectivity index (χ1) is 2.64. The van der Waals surface area contributed by atoms with Gasteiger partial charge in [0.05, 0.1) is 4.92 Å². The van der Waals surface area contributed by atoms with Crippen molar-refractivity contribution in [1.82, 2.24) is 0 Å². The lowest BCUT2D eigenvalue weighted by Gasteiger charge is -1.78. The third-order valence-electron chi connectivity index (χ3n) is 0.312. The molecule has 0 aromatic carbocycles. The summed E-state index contributed by atoms with van der Waals surface area (Å²) < 4.78 is 0. The first kappa shape index (κ1) is 5.14. The first-order valence-electron chi connectivity index (χ1n) is 1.44. The molecule has 3 nitrogen and oxygen atoms in total. The molecule has 0 rings (SSSR count). The van der Waals surface area contributed by atoms with Gasteiger partial charge in [0, 0.05) is 6.92 Å². The molecule has 0 aromatic rings. The summed E-state index contributed by atoms with van der Waals surface area (Å²) in [5.74, 6) is 0. The molecule has 0 aliphatic rings.